The van der Waals surface area contributed by atoms with E-state index in [-0.39, 0.29) is 0 Å². The molecule has 6 aliphatic rings. The SMILES string of the molecule is CC1CC2(CCN(C3CC4(CCN(C5CCC6(CC5)CNC6)CC4)C3)CC2)C1. The Morgan fingerprint density at radius 3 is 1.57 bits per heavy atom. The molecule has 0 atom stereocenters. The van der Waals surface area contributed by atoms with Crippen molar-refractivity contribution >= 4 is 0 Å². The lowest BCUT2D eigenvalue weighted by Gasteiger charge is -2.59. The fraction of sp³-hybridized carbons (Fsp3) is 1.00. The monoisotopic (exact) mass is 385 g/mol. The molecule has 28 heavy (non-hydrogen) atoms. The van der Waals surface area contributed by atoms with Crippen LogP contribution in [0.15, 0.2) is 0 Å². The second kappa shape index (κ2) is 6.69. The normalized spacial score (nSPS) is 40.2. The van der Waals surface area contributed by atoms with Gasteiger partial charge in [-0.05, 0) is 125 Å². The molecule has 0 amide bonds. The van der Waals surface area contributed by atoms with Gasteiger partial charge >= 0.3 is 0 Å². The molecule has 3 aliphatic heterocycles. The van der Waals surface area contributed by atoms with E-state index in [1.807, 2.05) is 0 Å². The Balaban J connectivity index is 0.946. The van der Waals surface area contributed by atoms with Crippen molar-refractivity contribution in [1.29, 1.82) is 0 Å². The summed E-state index contributed by atoms with van der Waals surface area (Å²) in [6, 6.07) is 1.87. The first-order valence-corrected chi connectivity index (χ1v) is 12.8. The second-order valence-electron chi connectivity index (χ2n) is 12.5. The summed E-state index contributed by atoms with van der Waals surface area (Å²) in [5.74, 6) is 1.02. The van der Waals surface area contributed by atoms with E-state index in [0.717, 1.165) is 34.2 Å². The van der Waals surface area contributed by atoms with E-state index in [1.165, 1.54) is 116 Å². The van der Waals surface area contributed by atoms with Gasteiger partial charge < -0.3 is 15.1 Å². The van der Waals surface area contributed by atoms with Crippen molar-refractivity contribution in [3.05, 3.63) is 0 Å². The Labute approximate surface area is 173 Å². The van der Waals surface area contributed by atoms with E-state index in [1.54, 1.807) is 0 Å². The second-order valence-corrected chi connectivity index (χ2v) is 12.5. The Morgan fingerprint density at radius 2 is 1.11 bits per heavy atom. The van der Waals surface area contributed by atoms with Gasteiger partial charge in [-0.25, -0.2) is 0 Å². The molecule has 6 rings (SSSR count). The van der Waals surface area contributed by atoms with E-state index in [4.69, 9.17) is 0 Å². The van der Waals surface area contributed by atoms with Crippen LogP contribution in [0.25, 0.3) is 0 Å². The number of rotatable bonds is 2. The van der Waals surface area contributed by atoms with Gasteiger partial charge in [0, 0.05) is 25.2 Å². The Kier molecular flexibility index (Phi) is 4.45. The largest absolute Gasteiger partial charge is 0.316 e. The first kappa shape index (κ1) is 18.6. The van der Waals surface area contributed by atoms with E-state index < -0.39 is 0 Å². The molecule has 0 unspecified atom stereocenters. The molecule has 3 aliphatic carbocycles. The number of nitrogens with one attached hydrogen (secondary N) is 1. The first-order chi connectivity index (χ1) is 13.6. The number of piperidine rings is 2. The van der Waals surface area contributed by atoms with E-state index in [2.05, 4.69) is 22.0 Å². The Bertz CT molecular complexity index is 555. The van der Waals surface area contributed by atoms with Crippen LogP contribution in [-0.4, -0.2) is 61.2 Å². The number of nitrogens with zero attached hydrogens (tertiary/aromatic N) is 2. The standard InChI is InChI=1S/C25H43N3/c1-20-14-23(15-20)6-12-28(13-7-23)22-16-24(17-22)8-10-27(11-9-24)21-2-4-25(5-3-21)18-26-19-25/h20-22,26H,2-19H2,1H3. The summed E-state index contributed by atoms with van der Waals surface area (Å²) in [4.78, 5) is 5.80. The third-order valence-electron chi connectivity index (χ3n) is 10.7. The van der Waals surface area contributed by atoms with Crippen molar-refractivity contribution in [3.63, 3.8) is 0 Å². The smallest absolute Gasteiger partial charge is 0.0106 e. The molecule has 0 bridgehead atoms. The van der Waals surface area contributed by atoms with Crippen LogP contribution in [0.2, 0.25) is 0 Å². The summed E-state index contributed by atoms with van der Waals surface area (Å²) in [5, 5.41) is 3.52. The van der Waals surface area contributed by atoms with Gasteiger partial charge in [0.25, 0.3) is 0 Å². The van der Waals surface area contributed by atoms with E-state index >= 15 is 0 Å². The lowest BCUT2D eigenvalue weighted by Crippen LogP contribution is -2.59. The number of hydrogen-bond acceptors (Lipinski definition) is 3. The zero-order valence-corrected chi connectivity index (χ0v) is 18.4. The fourth-order valence-corrected chi connectivity index (χ4v) is 8.57. The molecule has 3 spiro atoms. The highest BCUT2D eigenvalue weighted by Crippen LogP contribution is 2.56. The average molecular weight is 386 g/mol. The topological polar surface area (TPSA) is 18.5 Å². The van der Waals surface area contributed by atoms with Crippen LogP contribution in [0.5, 0.6) is 0 Å². The molecular formula is C25H43N3. The molecule has 6 fully saturated rings. The summed E-state index contributed by atoms with van der Waals surface area (Å²) in [5.41, 5.74) is 2.26. The van der Waals surface area contributed by atoms with Crippen molar-refractivity contribution in [2.75, 3.05) is 39.3 Å². The molecular weight excluding hydrogens is 342 g/mol. The minimum absolute atomic E-state index is 0.721. The van der Waals surface area contributed by atoms with Crippen LogP contribution in [0.1, 0.15) is 84.0 Å². The molecule has 3 heterocycles. The van der Waals surface area contributed by atoms with Crippen LogP contribution >= 0.6 is 0 Å². The van der Waals surface area contributed by atoms with Gasteiger partial charge in [-0.1, -0.05) is 6.92 Å². The zero-order chi connectivity index (χ0) is 18.8. The maximum atomic E-state index is 3.52. The molecule has 0 radical (unpaired) electrons. The van der Waals surface area contributed by atoms with Gasteiger partial charge in [-0.15, -0.1) is 0 Å². The molecule has 3 nitrogen and oxygen atoms in total. The van der Waals surface area contributed by atoms with Gasteiger partial charge in [-0.2, -0.15) is 0 Å². The van der Waals surface area contributed by atoms with Crippen molar-refractivity contribution < 1.29 is 0 Å². The predicted octanol–water partition coefficient (Wildman–Crippen LogP) is 4.28. The van der Waals surface area contributed by atoms with Gasteiger partial charge in [0.15, 0.2) is 0 Å². The highest BCUT2D eigenvalue weighted by molar-refractivity contribution is 5.05. The summed E-state index contributed by atoms with van der Waals surface area (Å²) in [6.45, 7) is 10.7. The van der Waals surface area contributed by atoms with Gasteiger partial charge in [0.2, 0.25) is 0 Å². The van der Waals surface area contributed by atoms with Crippen molar-refractivity contribution in [1.82, 2.24) is 15.1 Å². The van der Waals surface area contributed by atoms with Crippen LogP contribution in [-0.2, 0) is 0 Å². The third kappa shape index (κ3) is 3.10. The lowest BCUT2D eigenvalue weighted by molar-refractivity contribution is -0.0850. The van der Waals surface area contributed by atoms with E-state index in [0.29, 0.717) is 0 Å². The maximum absolute atomic E-state index is 3.52. The van der Waals surface area contributed by atoms with Crippen molar-refractivity contribution in [3.8, 4) is 0 Å². The van der Waals surface area contributed by atoms with Crippen molar-refractivity contribution in [2.45, 2.75) is 96.1 Å². The molecule has 3 heteroatoms. The highest BCUT2D eigenvalue weighted by atomic mass is 15.2. The highest BCUT2D eigenvalue weighted by Gasteiger charge is 2.51. The summed E-state index contributed by atoms with van der Waals surface area (Å²) >= 11 is 0. The third-order valence-corrected chi connectivity index (χ3v) is 10.7. The fourth-order valence-electron chi connectivity index (χ4n) is 8.57. The zero-order valence-electron chi connectivity index (χ0n) is 18.4. The minimum atomic E-state index is 0.721. The summed E-state index contributed by atoms with van der Waals surface area (Å²) in [6.07, 6.45) is 18.1. The first-order valence-electron chi connectivity index (χ1n) is 12.8. The van der Waals surface area contributed by atoms with Gasteiger partial charge in [0.05, 0.1) is 0 Å². The molecule has 3 saturated heterocycles. The molecule has 0 aromatic rings. The predicted molar refractivity (Wildman–Crippen MR) is 115 cm³/mol. The number of hydrogen-bond donors (Lipinski definition) is 1. The van der Waals surface area contributed by atoms with Crippen LogP contribution in [0.4, 0.5) is 0 Å². The molecule has 1 N–H and O–H groups in total. The maximum Gasteiger partial charge on any atom is 0.0106 e. The van der Waals surface area contributed by atoms with Gasteiger partial charge in [0.1, 0.15) is 0 Å². The summed E-state index contributed by atoms with van der Waals surface area (Å²) < 4.78 is 0. The van der Waals surface area contributed by atoms with Crippen LogP contribution in [0.3, 0.4) is 0 Å². The Hall–Kier alpha value is -0.120. The van der Waals surface area contributed by atoms with Crippen LogP contribution < -0.4 is 5.32 Å². The van der Waals surface area contributed by atoms with Crippen molar-refractivity contribution in [2.24, 2.45) is 22.2 Å². The van der Waals surface area contributed by atoms with Gasteiger partial charge in [-0.3, -0.25) is 0 Å². The summed E-state index contributed by atoms with van der Waals surface area (Å²) in [7, 11) is 0. The average Bonchev–Trinajstić information content (AvgIpc) is 2.65. The molecule has 0 aromatic heterocycles. The molecule has 0 aromatic carbocycles. The number of likely N-dealkylation sites (tertiary alicyclic amines) is 2. The van der Waals surface area contributed by atoms with E-state index in [9.17, 15) is 0 Å². The Morgan fingerprint density at radius 1 is 0.607 bits per heavy atom. The molecule has 3 saturated carbocycles. The molecule has 158 valence electrons. The minimum Gasteiger partial charge on any atom is -0.316 e. The lowest BCUT2D eigenvalue weighted by atomic mass is 9.56. The van der Waals surface area contributed by atoms with Crippen LogP contribution in [0, 0.1) is 22.2 Å². The quantitative estimate of drug-likeness (QED) is 0.765.